The Labute approximate surface area is 193 Å². The van der Waals surface area contributed by atoms with Crippen LogP contribution in [0, 0.1) is 5.82 Å². The third kappa shape index (κ3) is 4.56. The van der Waals surface area contributed by atoms with Crippen LogP contribution in [0.5, 0.6) is 5.75 Å². The Hall–Kier alpha value is -3.60. The van der Waals surface area contributed by atoms with E-state index < -0.39 is 17.7 Å². The molecule has 0 atom stereocenters. The molecule has 0 bridgehead atoms. The van der Waals surface area contributed by atoms with Gasteiger partial charge in [-0.05, 0) is 62.4 Å². The first-order chi connectivity index (χ1) is 16.0. The van der Waals surface area contributed by atoms with Gasteiger partial charge in [-0.25, -0.2) is 9.37 Å². The first-order valence-electron chi connectivity index (χ1n) is 10.5. The molecule has 0 saturated heterocycles. The maximum Gasteiger partial charge on any atom is 0.573 e. The normalized spacial score (nSPS) is 15.1. The molecular formula is C23H23F4N5O2. The number of imidazole rings is 1. The number of nitrogens with two attached hydrogens (primary N) is 1. The Morgan fingerprint density at radius 3 is 2.35 bits per heavy atom. The molecule has 0 aliphatic carbocycles. The van der Waals surface area contributed by atoms with Crippen LogP contribution in [0.2, 0.25) is 0 Å². The third-order valence-electron chi connectivity index (χ3n) is 5.68. The van der Waals surface area contributed by atoms with E-state index in [1.165, 1.54) is 36.4 Å². The van der Waals surface area contributed by atoms with Gasteiger partial charge in [0.05, 0.1) is 12.1 Å². The van der Waals surface area contributed by atoms with E-state index >= 15 is 0 Å². The van der Waals surface area contributed by atoms with E-state index in [1.807, 2.05) is 18.4 Å². The number of alkyl halides is 3. The number of benzene rings is 2. The highest BCUT2D eigenvalue weighted by atomic mass is 19.4. The SMILES string of the molecule is CC1(C)c2nc(-c3ccc(F)cc3)c(Nc3ccc(OC(F)(F)F)cc3)n2CCN1C(=O)CN. The summed E-state index contributed by atoms with van der Waals surface area (Å²) in [5.41, 5.74) is 6.45. The number of carbonyl (C=O) groups excluding carboxylic acids is 1. The molecule has 1 aliphatic heterocycles. The Kier molecular flexibility index (Phi) is 5.98. The molecule has 0 unspecified atom stereocenters. The first-order valence-corrected chi connectivity index (χ1v) is 10.5. The molecule has 1 aromatic heterocycles. The lowest BCUT2D eigenvalue weighted by atomic mass is 9.99. The van der Waals surface area contributed by atoms with Crippen LogP contribution in [0.3, 0.4) is 0 Å². The molecule has 1 amide bonds. The molecule has 0 radical (unpaired) electrons. The van der Waals surface area contributed by atoms with Crippen LogP contribution in [0.25, 0.3) is 11.3 Å². The van der Waals surface area contributed by atoms with Crippen molar-refractivity contribution in [2.45, 2.75) is 32.3 Å². The summed E-state index contributed by atoms with van der Waals surface area (Å²) in [7, 11) is 0. The van der Waals surface area contributed by atoms with Crippen molar-refractivity contribution in [3.8, 4) is 17.0 Å². The number of nitrogens with one attached hydrogen (secondary N) is 1. The van der Waals surface area contributed by atoms with Crippen molar-refractivity contribution in [2.75, 3.05) is 18.4 Å². The van der Waals surface area contributed by atoms with Crippen molar-refractivity contribution in [3.05, 3.63) is 60.2 Å². The topological polar surface area (TPSA) is 85.4 Å². The smallest absolute Gasteiger partial charge is 0.406 e. The number of rotatable bonds is 5. The zero-order chi connectivity index (χ0) is 24.7. The average molecular weight is 477 g/mol. The molecule has 0 saturated carbocycles. The highest BCUT2D eigenvalue weighted by molar-refractivity contribution is 5.80. The van der Waals surface area contributed by atoms with Gasteiger partial charge in [0.2, 0.25) is 5.91 Å². The van der Waals surface area contributed by atoms with Crippen LogP contribution in [0.15, 0.2) is 48.5 Å². The standard InChI is InChI=1S/C23H23F4N5O2/c1-22(2)21-30-19(14-3-5-15(24)6-4-14)20(31(21)11-12-32(22)18(33)13-28)29-16-7-9-17(10-8-16)34-23(25,26)27/h3-10,29H,11-13,28H2,1-2H3. The lowest BCUT2D eigenvalue weighted by Crippen LogP contribution is -2.53. The van der Waals surface area contributed by atoms with Crippen LogP contribution in [0.4, 0.5) is 29.1 Å². The number of anilines is 2. The van der Waals surface area contributed by atoms with E-state index in [1.54, 1.807) is 17.0 Å². The lowest BCUT2D eigenvalue weighted by molar-refractivity contribution is -0.274. The second-order valence-corrected chi connectivity index (χ2v) is 8.30. The second kappa shape index (κ2) is 8.64. The number of fused-ring (bicyclic) bond motifs is 1. The Morgan fingerprint density at radius 1 is 1.12 bits per heavy atom. The van der Waals surface area contributed by atoms with Crippen LogP contribution >= 0.6 is 0 Å². The van der Waals surface area contributed by atoms with Gasteiger partial charge >= 0.3 is 6.36 Å². The number of carbonyl (C=O) groups is 1. The maximum atomic E-state index is 13.5. The summed E-state index contributed by atoms with van der Waals surface area (Å²) < 4.78 is 56.8. The minimum atomic E-state index is -4.78. The van der Waals surface area contributed by atoms with E-state index in [4.69, 9.17) is 10.7 Å². The van der Waals surface area contributed by atoms with Crippen LogP contribution < -0.4 is 15.8 Å². The van der Waals surface area contributed by atoms with Crippen molar-refractivity contribution in [1.82, 2.24) is 14.5 Å². The minimum Gasteiger partial charge on any atom is -0.406 e. The summed E-state index contributed by atoms with van der Waals surface area (Å²) in [6, 6.07) is 11.1. The highest BCUT2D eigenvalue weighted by Gasteiger charge is 2.41. The molecule has 4 rings (SSSR count). The van der Waals surface area contributed by atoms with Crippen molar-refractivity contribution < 1.29 is 27.1 Å². The van der Waals surface area contributed by atoms with Gasteiger partial charge in [-0.2, -0.15) is 0 Å². The molecule has 3 N–H and O–H groups in total. The number of nitrogens with zero attached hydrogens (tertiary/aromatic N) is 3. The number of ether oxygens (including phenoxy) is 1. The molecule has 3 aromatic rings. The Balaban J connectivity index is 1.76. The van der Waals surface area contributed by atoms with E-state index in [9.17, 15) is 22.4 Å². The van der Waals surface area contributed by atoms with E-state index in [0.717, 1.165) is 0 Å². The van der Waals surface area contributed by atoms with Crippen LogP contribution in [-0.4, -0.2) is 39.8 Å². The van der Waals surface area contributed by atoms with E-state index in [0.29, 0.717) is 41.7 Å². The quantitative estimate of drug-likeness (QED) is 0.533. The Morgan fingerprint density at radius 2 is 1.76 bits per heavy atom. The summed E-state index contributed by atoms with van der Waals surface area (Å²) in [5.74, 6) is 0.211. The fourth-order valence-corrected chi connectivity index (χ4v) is 4.10. The molecule has 1 aliphatic rings. The molecule has 11 heteroatoms. The van der Waals surface area contributed by atoms with Crippen molar-refractivity contribution in [1.29, 1.82) is 0 Å². The summed E-state index contributed by atoms with van der Waals surface area (Å²) in [5, 5.41) is 3.22. The molecule has 0 fully saturated rings. The van der Waals surface area contributed by atoms with Gasteiger partial charge in [0.25, 0.3) is 0 Å². The second-order valence-electron chi connectivity index (χ2n) is 8.30. The predicted octanol–water partition coefficient (Wildman–Crippen LogP) is 4.37. The summed E-state index contributed by atoms with van der Waals surface area (Å²) >= 11 is 0. The highest BCUT2D eigenvalue weighted by Crippen LogP contribution is 2.39. The first kappa shape index (κ1) is 23.6. The molecule has 0 spiro atoms. The van der Waals surface area contributed by atoms with Crippen molar-refractivity contribution >= 4 is 17.4 Å². The van der Waals surface area contributed by atoms with Gasteiger partial charge in [0.1, 0.15) is 28.9 Å². The van der Waals surface area contributed by atoms with E-state index in [2.05, 4.69) is 10.1 Å². The fourth-order valence-electron chi connectivity index (χ4n) is 4.10. The molecular weight excluding hydrogens is 454 g/mol. The average Bonchev–Trinajstić information content (AvgIpc) is 3.14. The molecule has 2 heterocycles. The van der Waals surface area contributed by atoms with Gasteiger partial charge in [-0.15, -0.1) is 13.2 Å². The van der Waals surface area contributed by atoms with Crippen molar-refractivity contribution in [3.63, 3.8) is 0 Å². The zero-order valence-electron chi connectivity index (χ0n) is 18.5. The minimum absolute atomic E-state index is 0.133. The maximum absolute atomic E-state index is 13.5. The third-order valence-corrected chi connectivity index (χ3v) is 5.68. The number of halogens is 4. The van der Waals surface area contributed by atoms with Crippen LogP contribution in [-0.2, 0) is 16.9 Å². The Bertz CT molecular complexity index is 1190. The van der Waals surface area contributed by atoms with Crippen LogP contribution in [0.1, 0.15) is 19.7 Å². The molecule has 2 aromatic carbocycles. The zero-order valence-corrected chi connectivity index (χ0v) is 18.5. The van der Waals surface area contributed by atoms with Gasteiger partial charge in [0, 0.05) is 24.3 Å². The predicted molar refractivity (Wildman–Crippen MR) is 118 cm³/mol. The summed E-state index contributed by atoms with van der Waals surface area (Å²) in [6.07, 6.45) is -4.78. The van der Waals surface area contributed by atoms with Gasteiger partial charge in [-0.3, -0.25) is 4.79 Å². The summed E-state index contributed by atoms with van der Waals surface area (Å²) in [6.45, 7) is 4.39. The summed E-state index contributed by atoms with van der Waals surface area (Å²) in [4.78, 5) is 18.9. The van der Waals surface area contributed by atoms with Gasteiger partial charge in [0.15, 0.2) is 0 Å². The number of hydrogen-bond donors (Lipinski definition) is 2. The number of hydrogen-bond acceptors (Lipinski definition) is 5. The fraction of sp³-hybridized carbons (Fsp3) is 0.304. The largest absolute Gasteiger partial charge is 0.573 e. The van der Waals surface area contributed by atoms with Gasteiger partial charge in [-0.1, -0.05) is 0 Å². The monoisotopic (exact) mass is 477 g/mol. The molecule has 7 nitrogen and oxygen atoms in total. The number of aromatic nitrogens is 2. The lowest BCUT2D eigenvalue weighted by Gasteiger charge is -2.42. The van der Waals surface area contributed by atoms with Crippen molar-refractivity contribution in [2.24, 2.45) is 5.73 Å². The molecule has 34 heavy (non-hydrogen) atoms. The van der Waals surface area contributed by atoms with E-state index in [-0.39, 0.29) is 18.2 Å². The van der Waals surface area contributed by atoms with Gasteiger partial charge < -0.3 is 25.3 Å². The number of amides is 1. The molecule has 180 valence electrons.